The summed E-state index contributed by atoms with van der Waals surface area (Å²) in [5, 5.41) is 14.2. The summed E-state index contributed by atoms with van der Waals surface area (Å²) >= 11 is 13.4. The van der Waals surface area contributed by atoms with Gasteiger partial charge in [-0.25, -0.2) is 0 Å². The van der Waals surface area contributed by atoms with Crippen LogP contribution in [0.25, 0.3) is 27.1 Å². The van der Waals surface area contributed by atoms with E-state index in [1.165, 1.54) is 15.9 Å². The van der Waals surface area contributed by atoms with Crippen LogP contribution in [0.4, 0.5) is 0 Å². The summed E-state index contributed by atoms with van der Waals surface area (Å²) in [4.78, 5) is 13.1. The summed E-state index contributed by atoms with van der Waals surface area (Å²) in [6.45, 7) is 5.73. The van der Waals surface area contributed by atoms with Gasteiger partial charge in [0, 0.05) is 16.0 Å². The van der Waals surface area contributed by atoms with E-state index >= 15 is 0 Å². The van der Waals surface area contributed by atoms with Crippen LogP contribution in [0.15, 0.2) is 39.5 Å². The van der Waals surface area contributed by atoms with E-state index in [9.17, 15) is 4.79 Å². The van der Waals surface area contributed by atoms with Crippen LogP contribution in [0.1, 0.15) is 26.5 Å². The first-order valence-corrected chi connectivity index (χ1v) is 9.64. The molecule has 3 aromatic heterocycles. The first-order valence-electron chi connectivity index (χ1n) is 8.07. The van der Waals surface area contributed by atoms with E-state index in [4.69, 9.17) is 27.6 Å². The molecular weight excluding hydrogens is 407 g/mol. The lowest BCUT2D eigenvalue weighted by Gasteiger charge is -2.14. The zero-order valence-electron chi connectivity index (χ0n) is 14.7. The topological polar surface area (TPSA) is 73.3 Å². The molecule has 138 valence electrons. The minimum absolute atomic E-state index is 0.275. The number of hydrogen-bond acceptors (Lipinski definition) is 6. The van der Waals surface area contributed by atoms with Gasteiger partial charge in [-0.2, -0.15) is 4.52 Å². The molecule has 3 heterocycles. The second-order valence-electron chi connectivity index (χ2n) is 6.99. The molecule has 9 heteroatoms. The Bertz CT molecular complexity index is 1220. The second-order valence-corrected chi connectivity index (χ2v) is 8.79. The van der Waals surface area contributed by atoms with Crippen LogP contribution in [0.5, 0.6) is 0 Å². The van der Waals surface area contributed by atoms with E-state index in [0.29, 0.717) is 37.2 Å². The molecule has 6 nitrogen and oxygen atoms in total. The standard InChI is InChI=1S/C18H14Cl2N4O2S/c1-18(2,3)14-16(25)24-17(22-21-14)27-15(23-24)13-7-6-12(26-13)10-5-4-9(19)8-11(10)20/h4-8H,1-3H3. The van der Waals surface area contributed by atoms with E-state index in [1.54, 1.807) is 30.3 Å². The number of benzene rings is 1. The van der Waals surface area contributed by atoms with E-state index in [0.717, 1.165) is 5.56 Å². The van der Waals surface area contributed by atoms with Gasteiger partial charge < -0.3 is 4.42 Å². The molecule has 0 radical (unpaired) electrons. The van der Waals surface area contributed by atoms with Gasteiger partial charge in [-0.1, -0.05) is 55.3 Å². The number of halogens is 2. The molecule has 4 aromatic rings. The van der Waals surface area contributed by atoms with E-state index in [2.05, 4.69) is 15.3 Å². The quantitative estimate of drug-likeness (QED) is 0.452. The van der Waals surface area contributed by atoms with Gasteiger partial charge in [0.15, 0.2) is 10.8 Å². The second kappa shape index (κ2) is 6.44. The van der Waals surface area contributed by atoms with Gasteiger partial charge >= 0.3 is 0 Å². The average molecular weight is 421 g/mol. The highest BCUT2D eigenvalue weighted by atomic mass is 35.5. The number of rotatable bonds is 2. The summed E-state index contributed by atoms with van der Waals surface area (Å²) < 4.78 is 7.17. The monoisotopic (exact) mass is 420 g/mol. The van der Waals surface area contributed by atoms with E-state index in [1.807, 2.05) is 20.8 Å². The van der Waals surface area contributed by atoms with Crippen molar-refractivity contribution >= 4 is 39.5 Å². The molecule has 0 amide bonds. The molecule has 4 rings (SSSR count). The third kappa shape index (κ3) is 3.26. The fourth-order valence-electron chi connectivity index (χ4n) is 2.57. The molecule has 0 atom stereocenters. The van der Waals surface area contributed by atoms with Crippen molar-refractivity contribution in [1.29, 1.82) is 0 Å². The van der Waals surface area contributed by atoms with E-state index < -0.39 is 5.41 Å². The summed E-state index contributed by atoms with van der Waals surface area (Å²) in [6, 6.07) is 8.76. The van der Waals surface area contributed by atoms with Crippen LogP contribution in [-0.4, -0.2) is 19.8 Å². The Morgan fingerprint density at radius 3 is 2.52 bits per heavy atom. The Morgan fingerprint density at radius 2 is 1.81 bits per heavy atom. The maximum absolute atomic E-state index is 12.7. The normalized spacial score (nSPS) is 12.0. The smallest absolute Gasteiger partial charge is 0.297 e. The van der Waals surface area contributed by atoms with Gasteiger partial charge in [-0.15, -0.1) is 15.3 Å². The molecule has 0 aliphatic rings. The Balaban J connectivity index is 1.79. The highest BCUT2D eigenvalue weighted by Crippen LogP contribution is 2.35. The van der Waals surface area contributed by atoms with Crippen molar-refractivity contribution in [3.63, 3.8) is 0 Å². The van der Waals surface area contributed by atoms with Crippen molar-refractivity contribution in [2.24, 2.45) is 0 Å². The third-order valence-corrected chi connectivity index (χ3v) is 5.38. The van der Waals surface area contributed by atoms with Gasteiger partial charge in [0.1, 0.15) is 11.5 Å². The van der Waals surface area contributed by atoms with Crippen molar-refractivity contribution in [2.75, 3.05) is 0 Å². The van der Waals surface area contributed by atoms with Crippen molar-refractivity contribution in [1.82, 2.24) is 19.8 Å². The largest absolute Gasteiger partial charge is 0.453 e. The van der Waals surface area contributed by atoms with Crippen molar-refractivity contribution in [3.05, 3.63) is 56.4 Å². The van der Waals surface area contributed by atoms with Crippen LogP contribution >= 0.6 is 34.5 Å². The molecule has 0 fully saturated rings. The molecule has 0 unspecified atom stereocenters. The Morgan fingerprint density at radius 1 is 1.07 bits per heavy atom. The van der Waals surface area contributed by atoms with Gasteiger partial charge in [-0.05, 0) is 30.3 Å². The third-order valence-electron chi connectivity index (χ3n) is 3.91. The minimum atomic E-state index is -0.418. The molecule has 0 spiro atoms. The summed E-state index contributed by atoms with van der Waals surface area (Å²) in [5.41, 5.74) is 0.394. The average Bonchev–Trinajstić information content (AvgIpc) is 3.20. The fraction of sp³-hybridized carbons (Fsp3) is 0.222. The van der Waals surface area contributed by atoms with Crippen LogP contribution in [0.3, 0.4) is 0 Å². The lowest BCUT2D eigenvalue weighted by atomic mass is 9.93. The maximum Gasteiger partial charge on any atom is 0.297 e. The van der Waals surface area contributed by atoms with Gasteiger partial charge in [0.2, 0.25) is 4.96 Å². The zero-order chi connectivity index (χ0) is 19.3. The lowest BCUT2D eigenvalue weighted by Crippen LogP contribution is -2.30. The van der Waals surface area contributed by atoms with Crippen molar-refractivity contribution in [3.8, 4) is 22.1 Å². The Hall–Kier alpha value is -2.22. The zero-order valence-corrected chi connectivity index (χ0v) is 17.0. The van der Waals surface area contributed by atoms with E-state index in [-0.39, 0.29) is 5.56 Å². The predicted molar refractivity (Wildman–Crippen MR) is 107 cm³/mol. The van der Waals surface area contributed by atoms with Crippen LogP contribution in [0.2, 0.25) is 10.0 Å². The molecule has 0 saturated heterocycles. The Kier molecular flexibility index (Phi) is 4.33. The molecule has 1 aromatic carbocycles. The summed E-state index contributed by atoms with van der Waals surface area (Å²) in [5.74, 6) is 1.10. The summed E-state index contributed by atoms with van der Waals surface area (Å²) in [6.07, 6.45) is 0. The van der Waals surface area contributed by atoms with Crippen LogP contribution in [-0.2, 0) is 5.41 Å². The highest BCUT2D eigenvalue weighted by molar-refractivity contribution is 7.19. The molecule has 0 bridgehead atoms. The molecule has 0 aliphatic carbocycles. The first kappa shape index (κ1) is 18.2. The SMILES string of the molecule is CC(C)(C)c1nnc2sc(-c3ccc(-c4ccc(Cl)cc4Cl)o3)nn2c1=O. The lowest BCUT2D eigenvalue weighted by molar-refractivity contribution is 0.542. The molecule has 0 saturated carbocycles. The van der Waals surface area contributed by atoms with Crippen LogP contribution < -0.4 is 5.56 Å². The molecule has 27 heavy (non-hydrogen) atoms. The van der Waals surface area contributed by atoms with Gasteiger partial charge in [0.25, 0.3) is 5.56 Å². The fourth-order valence-corrected chi connectivity index (χ4v) is 3.87. The van der Waals surface area contributed by atoms with Gasteiger partial charge in [-0.3, -0.25) is 4.79 Å². The van der Waals surface area contributed by atoms with Crippen molar-refractivity contribution in [2.45, 2.75) is 26.2 Å². The summed E-state index contributed by atoms with van der Waals surface area (Å²) in [7, 11) is 0. The number of fused-ring (bicyclic) bond motifs is 1. The van der Waals surface area contributed by atoms with Gasteiger partial charge in [0.05, 0.1) is 5.02 Å². The maximum atomic E-state index is 12.7. The van der Waals surface area contributed by atoms with Crippen LogP contribution in [0, 0.1) is 0 Å². The molecular formula is C18H14Cl2N4O2S. The predicted octanol–water partition coefficient (Wildman–Crippen LogP) is 5.08. The highest BCUT2D eigenvalue weighted by Gasteiger charge is 2.23. The number of aromatic nitrogens is 4. The first-order chi connectivity index (χ1) is 12.7. The minimum Gasteiger partial charge on any atom is -0.453 e. The number of nitrogens with zero attached hydrogens (tertiary/aromatic N) is 4. The molecule has 0 N–H and O–H groups in total. The number of furan rings is 1. The molecule has 0 aliphatic heterocycles. The number of hydrogen-bond donors (Lipinski definition) is 0. The van der Waals surface area contributed by atoms with Crippen molar-refractivity contribution < 1.29 is 4.42 Å². The Labute approximate surface area is 168 Å².